The Morgan fingerprint density at radius 2 is 1.93 bits per heavy atom. The number of carbonyl (C=O) groups is 1. The van der Waals surface area contributed by atoms with Crippen molar-refractivity contribution < 1.29 is 9.90 Å². The van der Waals surface area contributed by atoms with Crippen molar-refractivity contribution >= 4 is 29.2 Å². The van der Waals surface area contributed by atoms with Crippen molar-refractivity contribution in [3.63, 3.8) is 0 Å². The highest BCUT2D eigenvalue weighted by Gasteiger charge is 2.17. The first-order chi connectivity index (χ1) is 7.11. The Morgan fingerprint density at radius 1 is 1.33 bits per heavy atom. The second-order valence-corrected chi connectivity index (χ2v) is 4.04. The first kappa shape index (κ1) is 12.1. The van der Waals surface area contributed by atoms with E-state index in [2.05, 4.69) is 0 Å². The Morgan fingerprint density at radius 3 is 2.40 bits per heavy atom. The Bertz CT molecular complexity index is 356. The summed E-state index contributed by atoms with van der Waals surface area (Å²) in [5, 5.41) is 9.02. The van der Waals surface area contributed by atoms with Gasteiger partial charge >= 0.3 is 5.97 Å². The highest BCUT2D eigenvalue weighted by molar-refractivity contribution is 6.55. The summed E-state index contributed by atoms with van der Waals surface area (Å²) < 4.78 is 0.0946. The molecular weight excluding hydrogens is 235 g/mol. The standard InChI is InChI=1S/C11H10Cl2O2/c12-10(13)7-6-9(11(14)15)8-4-2-1-3-5-8/h1-5,7,9H,6H2,(H,14,15). The lowest BCUT2D eigenvalue weighted by molar-refractivity contribution is -0.138. The van der Waals surface area contributed by atoms with Crippen LogP contribution in [0.25, 0.3) is 0 Å². The van der Waals surface area contributed by atoms with Crippen molar-refractivity contribution in [1.29, 1.82) is 0 Å². The molecule has 0 saturated carbocycles. The summed E-state index contributed by atoms with van der Waals surface area (Å²) in [7, 11) is 0. The fourth-order valence-electron chi connectivity index (χ4n) is 1.27. The molecule has 0 aliphatic rings. The maximum atomic E-state index is 11.0. The number of hydrogen-bond donors (Lipinski definition) is 1. The van der Waals surface area contributed by atoms with Gasteiger partial charge in [0.1, 0.15) is 4.49 Å². The lowest BCUT2D eigenvalue weighted by Crippen LogP contribution is -2.10. The zero-order valence-corrected chi connectivity index (χ0v) is 9.37. The molecule has 0 aromatic heterocycles. The van der Waals surface area contributed by atoms with Crippen LogP contribution in [-0.4, -0.2) is 11.1 Å². The second kappa shape index (κ2) is 5.79. The van der Waals surface area contributed by atoms with E-state index < -0.39 is 11.9 Å². The molecule has 0 aliphatic heterocycles. The molecule has 0 fully saturated rings. The third-order valence-electron chi connectivity index (χ3n) is 2.01. The van der Waals surface area contributed by atoms with Crippen molar-refractivity contribution in [3.05, 3.63) is 46.5 Å². The van der Waals surface area contributed by atoms with E-state index in [4.69, 9.17) is 28.3 Å². The summed E-state index contributed by atoms with van der Waals surface area (Å²) in [6.45, 7) is 0. The van der Waals surface area contributed by atoms with E-state index >= 15 is 0 Å². The van der Waals surface area contributed by atoms with E-state index in [1.165, 1.54) is 6.08 Å². The number of carboxylic acids is 1. The van der Waals surface area contributed by atoms with Crippen LogP contribution in [0.4, 0.5) is 0 Å². The quantitative estimate of drug-likeness (QED) is 0.880. The largest absolute Gasteiger partial charge is 0.481 e. The summed E-state index contributed by atoms with van der Waals surface area (Å²) in [4.78, 5) is 11.0. The zero-order valence-electron chi connectivity index (χ0n) is 7.86. The van der Waals surface area contributed by atoms with E-state index in [1.807, 2.05) is 6.07 Å². The lowest BCUT2D eigenvalue weighted by Gasteiger charge is -2.09. The maximum Gasteiger partial charge on any atom is 0.311 e. The Hall–Kier alpha value is -0.990. The van der Waals surface area contributed by atoms with Crippen LogP contribution in [0.2, 0.25) is 0 Å². The smallest absolute Gasteiger partial charge is 0.311 e. The minimum Gasteiger partial charge on any atom is -0.481 e. The molecule has 1 aromatic rings. The Kier molecular flexibility index (Phi) is 4.66. The average Bonchev–Trinajstić information content (AvgIpc) is 2.18. The molecule has 1 N–H and O–H groups in total. The maximum absolute atomic E-state index is 11.0. The fourth-order valence-corrected chi connectivity index (χ4v) is 1.45. The predicted octanol–water partition coefficient (Wildman–Crippen LogP) is 3.56. The third-order valence-corrected chi connectivity index (χ3v) is 2.32. The molecule has 0 heterocycles. The van der Waals surface area contributed by atoms with Crippen molar-refractivity contribution in [2.75, 3.05) is 0 Å². The Labute approximate surface area is 98.1 Å². The summed E-state index contributed by atoms with van der Waals surface area (Å²) in [5.74, 6) is -1.48. The van der Waals surface area contributed by atoms with Crippen molar-refractivity contribution in [1.82, 2.24) is 0 Å². The molecule has 1 rings (SSSR count). The Balaban J connectivity index is 2.85. The molecule has 0 bridgehead atoms. The first-order valence-electron chi connectivity index (χ1n) is 4.40. The van der Waals surface area contributed by atoms with E-state index in [1.54, 1.807) is 24.3 Å². The highest BCUT2D eigenvalue weighted by Crippen LogP contribution is 2.22. The number of aliphatic carboxylic acids is 1. The minimum absolute atomic E-state index is 0.0946. The zero-order chi connectivity index (χ0) is 11.3. The first-order valence-corrected chi connectivity index (χ1v) is 5.15. The van der Waals surface area contributed by atoms with Gasteiger partial charge < -0.3 is 5.11 Å². The SMILES string of the molecule is O=C(O)C(CC=C(Cl)Cl)c1ccccc1. The van der Waals surface area contributed by atoms with Crippen LogP contribution >= 0.6 is 23.2 Å². The second-order valence-electron chi connectivity index (χ2n) is 3.03. The summed E-state index contributed by atoms with van der Waals surface area (Å²) >= 11 is 10.9. The van der Waals surface area contributed by atoms with E-state index in [9.17, 15) is 4.79 Å². The average molecular weight is 245 g/mol. The van der Waals surface area contributed by atoms with Crippen molar-refractivity contribution in [2.45, 2.75) is 12.3 Å². The molecule has 1 aromatic carbocycles. The van der Waals surface area contributed by atoms with Crippen LogP contribution in [0, 0.1) is 0 Å². The molecule has 0 saturated heterocycles. The predicted molar refractivity (Wildman–Crippen MR) is 61.2 cm³/mol. The number of allylic oxidation sites excluding steroid dienone is 1. The van der Waals surface area contributed by atoms with E-state index in [-0.39, 0.29) is 4.49 Å². The third kappa shape index (κ3) is 3.94. The van der Waals surface area contributed by atoms with Gasteiger partial charge in [-0.25, -0.2) is 0 Å². The van der Waals surface area contributed by atoms with Crippen LogP contribution < -0.4 is 0 Å². The van der Waals surface area contributed by atoms with Gasteiger partial charge in [-0.1, -0.05) is 59.6 Å². The van der Waals surface area contributed by atoms with Gasteiger partial charge in [-0.15, -0.1) is 0 Å². The van der Waals surface area contributed by atoms with Gasteiger partial charge in [0.2, 0.25) is 0 Å². The van der Waals surface area contributed by atoms with Gasteiger partial charge in [-0.3, -0.25) is 4.79 Å². The molecule has 0 aliphatic carbocycles. The molecule has 0 radical (unpaired) electrons. The summed E-state index contributed by atoms with van der Waals surface area (Å²) in [6, 6.07) is 8.99. The van der Waals surface area contributed by atoms with Crippen molar-refractivity contribution in [3.8, 4) is 0 Å². The summed E-state index contributed by atoms with van der Waals surface area (Å²) in [6.07, 6.45) is 1.79. The van der Waals surface area contributed by atoms with Crippen molar-refractivity contribution in [2.24, 2.45) is 0 Å². The molecule has 4 heteroatoms. The van der Waals surface area contributed by atoms with Gasteiger partial charge in [0, 0.05) is 0 Å². The lowest BCUT2D eigenvalue weighted by atomic mass is 9.96. The number of carboxylic acid groups (broad SMARTS) is 1. The van der Waals surface area contributed by atoms with Gasteiger partial charge in [-0.05, 0) is 12.0 Å². The van der Waals surface area contributed by atoms with Crippen LogP contribution in [0.1, 0.15) is 17.9 Å². The molecule has 15 heavy (non-hydrogen) atoms. The monoisotopic (exact) mass is 244 g/mol. The van der Waals surface area contributed by atoms with Gasteiger partial charge in [0.25, 0.3) is 0 Å². The number of benzene rings is 1. The minimum atomic E-state index is -0.882. The van der Waals surface area contributed by atoms with Crippen LogP contribution in [0.15, 0.2) is 40.9 Å². The van der Waals surface area contributed by atoms with Crippen LogP contribution in [0.3, 0.4) is 0 Å². The molecular formula is C11H10Cl2O2. The van der Waals surface area contributed by atoms with Crippen LogP contribution in [-0.2, 0) is 4.79 Å². The van der Waals surface area contributed by atoms with E-state index in [0.29, 0.717) is 6.42 Å². The topological polar surface area (TPSA) is 37.3 Å². The molecule has 80 valence electrons. The van der Waals surface area contributed by atoms with E-state index in [0.717, 1.165) is 5.56 Å². The molecule has 2 nitrogen and oxygen atoms in total. The molecule has 0 spiro atoms. The van der Waals surface area contributed by atoms with Gasteiger partial charge in [0.05, 0.1) is 5.92 Å². The molecule has 1 unspecified atom stereocenters. The number of rotatable bonds is 4. The molecule has 0 amide bonds. The van der Waals surface area contributed by atoms with Gasteiger partial charge in [0.15, 0.2) is 0 Å². The normalized spacial score (nSPS) is 11.9. The number of halogens is 2. The molecule has 1 atom stereocenters. The van der Waals surface area contributed by atoms with Gasteiger partial charge in [-0.2, -0.15) is 0 Å². The fraction of sp³-hybridized carbons (Fsp3) is 0.182. The summed E-state index contributed by atoms with van der Waals surface area (Å²) in [5.41, 5.74) is 0.746. The number of hydrogen-bond acceptors (Lipinski definition) is 1. The highest BCUT2D eigenvalue weighted by atomic mass is 35.5. The van der Waals surface area contributed by atoms with Crippen LogP contribution in [0.5, 0.6) is 0 Å².